The predicted octanol–water partition coefficient (Wildman–Crippen LogP) is 4.56. The largest absolute Gasteiger partial charge is 0.0622 e. The lowest BCUT2D eigenvalue weighted by molar-refractivity contribution is 1.61. The number of halogens is 1. The van der Waals surface area contributed by atoms with Crippen molar-refractivity contribution in [3.63, 3.8) is 0 Å². The summed E-state index contributed by atoms with van der Waals surface area (Å²) >= 11 is 3.09. The molecule has 1 heteroatoms. The predicted molar refractivity (Wildman–Crippen MR) is 77.6 cm³/mol. The van der Waals surface area contributed by atoms with E-state index >= 15 is 0 Å². The second-order valence-corrected chi connectivity index (χ2v) is 3.98. The molecular weight excluding hydrogens is 272 g/mol. The van der Waals surface area contributed by atoms with Gasteiger partial charge in [-0.05, 0) is 28.1 Å². The molecule has 0 saturated carbocycles. The smallest absolute Gasteiger partial charge is 0.0254 e. The summed E-state index contributed by atoms with van der Waals surface area (Å²) in [4.78, 5) is 2.71. The van der Waals surface area contributed by atoms with Crippen LogP contribution in [0.15, 0.2) is 54.6 Å². The van der Waals surface area contributed by atoms with E-state index in [0.717, 1.165) is 5.56 Å². The molecule has 82 valence electrons. The number of hydrogen-bond acceptors (Lipinski definition) is 0. The van der Waals surface area contributed by atoms with Crippen LogP contribution in [-0.2, 0) is 0 Å². The summed E-state index contributed by atoms with van der Waals surface area (Å²) in [7, 11) is 0. The maximum Gasteiger partial charge on any atom is 0.0254 e. The summed E-state index contributed by atoms with van der Waals surface area (Å²) in [6.07, 6.45) is 4.20. The molecule has 0 radical (unpaired) electrons. The zero-order chi connectivity index (χ0) is 11.9. The van der Waals surface area contributed by atoms with E-state index < -0.39 is 0 Å². The van der Waals surface area contributed by atoms with Crippen LogP contribution < -0.4 is 0 Å². The van der Waals surface area contributed by atoms with Gasteiger partial charge in [0, 0.05) is 21.5 Å². The summed E-state index contributed by atoms with van der Waals surface area (Å²) in [5, 5.41) is 0. The van der Waals surface area contributed by atoms with E-state index in [2.05, 4.69) is 63.1 Å². The molecular formula is C16H11Br. The van der Waals surface area contributed by atoms with Gasteiger partial charge in [-0.1, -0.05) is 60.5 Å². The number of hydrogen-bond donors (Lipinski definition) is 0. The van der Waals surface area contributed by atoms with Crippen LogP contribution in [0.2, 0.25) is 0 Å². The molecule has 17 heavy (non-hydrogen) atoms. The van der Waals surface area contributed by atoms with Crippen molar-refractivity contribution < 1.29 is 0 Å². The van der Waals surface area contributed by atoms with Gasteiger partial charge in [-0.2, -0.15) is 0 Å². The van der Waals surface area contributed by atoms with Gasteiger partial charge in [0.1, 0.15) is 0 Å². The Kier molecular flexibility index (Phi) is 4.18. The Hall–Kier alpha value is -1.78. The van der Waals surface area contributed by atoms with Crippen LogP contribution in [0.5, 0.6) is 0 Å². The van der Waals surface area contributed by atoms with Crippen molar-refractivity contribution >= 4 is 28.1 Å². The molecule has 0 spiro atoms. The van der Waals surface area contributed by atoms with Crippen LogP contribution in [-0.4, -0.2) is 0 Å². The normalized spacial score (nSPS) is 9.94. The average molecular weight is 283 g/mol. The quantitative estimate of drug-likeness (QED) is 0.560. The van der Waals surface area contributed by atoms with Crippen LogP contribution in [0.4, 0.5) is 0 Å². The minimum absolute atomic E-state index is 1.01. The fourth-order valence-corrected chi connectivity index (χ4v) is 1.72. The fraction of sp³-hybridized carbons (Fsp3) is 0. The molecule has 0 aromatic heterocycles. The highest BCUT2D eigenvalue weighted by Crippen LogP contribution is 2.09. The molecule has 0 unspecified atom stereocenters. The molecule has 0 amide bonds. The number of benzene rings is 2. The molecule has 0 N–H and O–H groups in total. The van der Waals surface area contributed by atoms with Crippen LogP contribution in [0, 0.1) is 10.8 Å². The molecule has 0 heterocycles. The van der Waals surface area contributed by atoms with Crippen LogP contribution in [0.1, 0.15) is 16.7 Å². The third-order valence-electron chi connectivity index (χ3n) is 2.37. The molecule has 0 atom stereocenters. The number of rotatable bonds is 2. The van der Waals surface area contributed by atoms with Gasteiger partial charge in [-0.25, -0.2) is 0 Å². The van der Waals surface area contributed by atoms with E-state index in [1.165, 1.54) is 11.1 Å². The molecule has 0 aliphatic rings. The van der Waals surface area contributed by atoms with Crippen LogP contribution in [0.3, 0.4) is 0 Å². The maximum atomic E-state index is 3.09. The fourth-order valence-electron chi connectivity index (χ4n) is 1.49. The third kappa shape index (κ3) is 3.62. The lowest BCUT2D eigenvalue weighted by atomic mass is 10.1. The molecule has 2 aromatic rings. The zero-order valence-corrected chi connectivity index (χ0v) is 10.8. The van der Waals surface area contributed by atoms with Gasteiger partial charge >= 0.3 is 0 Å². The van der Waals surface area contributed by atoms with Crippen molar-refractivity contribution in [3.05, 3.63) is 71.3 Å². The molecule has 0 saturated heterocycles. The van der Waals surface area contributed by atoms with Gasteiger partial charge in [0.15, 0.2) is 0 Å². The SMILES string of the molecule is BrC#Cc1ccc(/C=C/c2ccccc2)cc1. The molecule has 0 bridgehead atoms. The molecule has 0 aliphatic heterocycles. The standard InChI is InChI=1S/C16H11Br/c17-13-12-16-10-8-15(9-11-16)7-6-14-4-2-1-3-5-14/h1-11H/b7-6+. The lowest BCUT2D eigenvalue weighted by Gasteiger charge is -1.95. The van der Waals surface area contributed by atoms with E-state index in [4.69, 9.17) is 0 Å². The highest BCUT2D eigenvalue weighted by Gasteiger charge is 1.88. The van der Waals surface area contributed by atoms with Crippen molar-refractivity contribution in [2.24, 2.45) is 0 Å². The van der Waals surface area contributed by atoms with E-state index in [0.29, 0.717) is 0 Å². The second kappa shape index (κ2) is 6.08. The van der Waals surface area contributed by atoms with Crippen molar-refractivity contribution in [2.75, 3.05) is 0 Å². The van der Waals surface area contributed by atoms with Crippen molar-refractivity contribution in [3.8, 4) is 10.8 Å². The average Bonchev–Trinajstić information content (AvgIpc) is 2.40. The zero-order valence-electron chi connectivity index (χ0n) is 9.23. The lowest BCUT2D eigenvalue weighted by Crippen LogP contribution is -1.75. The first-order chi connectivity index (χ1) is 8.38. The summed E-state index contributed by atoms with van der Waals surface area (Å²) in [5.41, 5.74) is 3.39. The Morgan fingerprint density at radius 1 is 0.765 bits per heavy atom. The van der Waals surface area contributed by atoms with Gasteiger partial charge < -0.3 is 0 Å². The minimum Gasteiger partial charge on any atom is -0.0622 e. The van der Waals surface area contributed by atoms with Gasteiger partial charge in [-0.15, -0.1) is 0 Å². The topological polar surface area (TPSA) is 0 Å². The first-order valence-electron chi connectivity index (χ1n) is 5.33. The van der Waals surface area contributed by atoms with E-state index in [1.54, 1.807) is 0 Å². The Morgan fingerprint density at radius 3 is 1.94 bits per heavy atom. The summed E-state index contributed by atoms with van der Waals surface area (Å²) in [5.74, 6) is 2.95. The Balaban J connectivity index is 2.13. The Bertz CT molecular complexity index is 554. The van der Waals surface area contributed by atoms with Crippen molar-refractivity contribution in [1.29, 1.82) is 0 Å². The molecule has 2 aromatic carbocycles. The Morgan fingerprint density at radius 2 is 1.35 bits per heavy atom. The van der Waals surface area contributed by atoms with Gasteiger partial charge in [0.2, 0.25) is 0 Å². The van der Waals surface area contributed by atoms with Gasteiger partial charge in [0.25, 0.3) is 0 Å². The molecule has 0 aliphatic carbocycles. The second-order valence-electron chi connectivity index (χ2n) is 3.59. The highest BCUT2D eigenvalue weighted by atomic mass is 79.9. The summed E-state index contributed by atoms with van der Waals surface area (Å²) in [6.45, 7) is 0. The minimum atomic E-state index is 1.01. The molecule has 0 nitrogen and oxygen atoms in total. The van der Waals surface area contributed by atoms with E-state index in [1.807, 2.05) is 30.3 Å². The van der Waals surface area contributed by atoms with E-state index in [9.17, 15) is 0 Å². The van der Waals surface area contributed by atoms with Crippen LogP contribution in [0.25, 0.3) is 12.2 Å². The Labute approximate surface area is 110 Å². The van der Waals surface area contributed by atoms with Gasteiger partial charge in [0.05, 0.1) is 0 Å². The first kappa shape index (κ1) is 11.7. The molecule has 2 rings (SSSR count). The third-order valence-corrected chi connectivity index (χ3v) is 2.57. The monoisotopic (exact) mass is 282 g/mol. The maximum absolute atomic E-state index is 3.09. The summed E-state index contributed by atoms with van der Waals surface area (Å²) in [6, 6.07) is 18.4. The van der Waals surface area contributed by atoms with Crippen molar-refractivity contribution in [2.45, 2.75) is 0 Å². The van der Waals surface area contributed by atoms with Gasteiger partial charge in [-0.3, -0.25) is 0 Å². The molecule has 0 fully saturated rings. The summed E-state index contributed by atoms with van der Waals surface area (Å²) < 4.78 is 0. The highest BCUT2D eigenvalue weighted by molar-refractivity contribution is 9.12. The van der Waals surface area contributed by atoms with Crippen LogP contribution >= 0.6 is 15.9 Å². The van der Waals surface area contributed by atoms with E-state index in [-0.39, 0.29) is 0 Å². The first-order valence-corrected chi connectivity index (χ1v) is 6.12. The van der Waals surface area contributed by atoms with Crippen molar-refractivity contribution in [1.82, 2.24) is 0 Å².